The quantitative estimate of drug-likeness (QED) is 0.828. The number of hydrogen-bond acceptors (Lipinski definition) is 6. The van der Waals surface area contributed by atoms with Crippen LogP contribution < -0.4 is 23.7 Å². The molecule has 0 aromatic heterocycles. The zero-order valence-electron chi connectivity index (χ0n) is 14.6. The highest BCUT2D eigenvalue weighted by molar-refractivity contribution is 6.03. The maximum absolute atomic E-state index is 12.7. The van der Waals surface area contributed by atoms with Gasteiger partial charge in [0.15, 0.2) is 5.78 Å². The Labute approximate surface area is 146 Å². The molecule has 0 spiro atoms. The van der Waals surface area contributed by atoms with Crippen molar-refractivity contribution in [1.82, 2.24) is 0 Å². The molecule has 1 atom stereocenters. The van der Waals surface area contributed by atoms with Gasteiger partial charge in [-0.25, -0.2) is 0 Å². The molecule has 1 aliphatic rings. The SMILES string of the molecule is COc1ccc([C@H]2CC(=O)c3c(OC)cc(OC)cc3O2)c(OC)c1. The zero-order chi connectivity index (χ0) is 18.0. The smallest absolute Gasteiger partial charge is 0.174 e. The fraction of sp³-hybridized carbons (Fsp3) is 0.316. The van der Waals surface area contributed by atoms with Gasteiger partial charge in [-0.2, -0.15) is 0 Å². The summed E-state index contributed by atoms with van der Waals surface area (Å²) in [5.41, 5.74) is 1.22. The number of ether oxygens (including phenoxy) is 5. The number of benzene rings is 2. The zero-order valence-corrected chi connectivity index (χ0v) is 14.6. The Morgan fingerprint density at radius 1 is 0.880 bits per heavy atom. The summed E-state index contributed by atoms with van der Waals surface area (Å²) in [4.78, 5) is 12.7. The molecular formula is C19H20O6. The van der Waals surface area contributed by atoms with Crippen molar-refractivity contribution in [2.24, 2.45) is 0 Å². The van der Waals surface area contributed by atoms with Crippen LogP contribution in [0.3, 0.4) is 0 Å². The predicted molar refractivity (Wildman–Crippen MR) is 91.4 cm³/mol. The van der Waals surface area contributed by atoms with E-state index in [4.69, 9.17) is 23.7 Å². The number of Topliss-reactive ketones (excluding diaryl/α,β-unsaturated/α-hetero) is 1. The number of carbonyl (C=O) groups is 1. The molecule has 25 heavy (non-hydrogen) atoms. The molecule has 0 unspecified atom stereocenters. The molecule has 0 aliphatic carbocycles. The fourth-order valence-corrected chi connectivity index (χ4v) is 2.94. The average molecular weight is 344 g/mol. The topological polar surface area (TPSA) is 63.2 Å². The minimum Gasteiger partial charge on any atom is -0.497 e. The first-order valence-corrected chi connectivity index (χ1v) is 7.79. The van der Waals surface area contributed by atoms with Gasteiger partial charge in [-0.3, -0.25) is 4.79 Å². The van der Waals surface area contributed by atoms with Gasteiger partial charge in [0.25, 0.3) is 0 Å². The molecule has 6 heteroatoms. The molecule has 0 amide bonds. The first-order valence-electron chi connectivity index (χ1n) is 7.79. The third kappa shape index (κ3) is 3.07. The van der Waals surface area contributed by atoms with Gasteiger partial charge in [-0.05, 0) is 12.1 Å². The van der Waals surface area contributed by atoms with Crippen LogP contribution in [0.15, 0.2) is 30.3 Å². The summed E-state index contributed by atoms with van der Waals surface area (Å²) in [6, 6.07) is 8.79. The number of ketones is 1. The van der Waals surface area contributed by atoms with E-state index in [0.717, 1.165) is 5.56 Å². The monoisotopic (exact) mass is 344 g/mol. The van der Waals surface area contributed by atoms with Gasteiger partial charge in [0.05, 0.1) is 34.9 Å². The summed E-state index contributed by atoms with van der Waals surface area (Å²) >= 11 is 0. The predicted octanol–water partition coefficient (Wildman–Crippen LogP) is 3.43. The van der Waals surface area contributed by atoms with E-state index in [0.29, 0.717) is 34.3 Å². The largest absolute Gasteiger partial charge is 0.497 e. The highest BCUT2D eigenvalue weighted by atomic mass is 16.5. The van der Waals surface area contributed by atoms with Gasteiger partial charge in [-0.15, -0.1) is 0 Å². The maximum Gasteiger partial charge on any atom is 0.174 e. The molecule has 0 N–H and O–H groups in total. The van der Waals surface area contributed by atoms with E-state index < -0.39 is 6.10 Å². The van der Waals surface area contributed by atoms with Gasteiger partial charge in [0, 0.05) is 23.8 Å². The molecule has 0 bridgehead atoms. The van der Waals surface area contributed by atoms with Crippen molar-refractivity contribution >= 4 is 5.78 Å². The minimum atomic E-state index is -0.460. The molecule has 3 rings (SSSR count). The van der Waals surface area contributed by atoms with E-state index in [9.17, 15) is 4.79 Å². The van der Waals surface area contributed by atoms with Crippen LogP contribution in [0, 0.1) is 0 Å². The Bertz CT molecular complexity index is 799. The van der Waals surface area contributed by atoms with Crippen molar-refractivity contribution in [3.8, 4) is 28.7 Å². The molecule has 2 aromatic carbocycles. The van der Waals surface area contributed by atoms with Crippen LogP contribution in [0.5, 0.6) is 28.7 Å². The standard InChI is InChI=1S/C19H20O6/c1-21-11-5-6-13(15(7-11)23-3)16-10-14(20)19-17(24-4)8-12(22-2)9-18(19)25-16/h5-9,16H,10H2,1-4H3/t16-/m1/s1. The van der Waals surface area contributed by atoms with Gasteiger partial charge < -0.3 is 23.7 Å². The molecule has 0 saturated carbocycles. The molecule has 1 aliphatic heterocycles. The first kappa shape index (κ1) is 17.0. The van der Waals surface area contributed by atoms with E-state index >= 15 is 0 Å². The Hall–Kier alpha value is -2.89. The van der Waals surface area contributed by atoms with Crippen LogP contribution in [-0.4, -0.2) is 34.2 Å². The number of methoxy groups -OCH3 is 4. The Kier molecular flexibility index (Phi) is 4.70. The Balaban J connectivity index is 2.03. The van der Waals surface area contributed by atoms with Crippen LogP contribution in [0.2, 0.25) is 0 Å². The van der Waals surface area contributed by atoms with Crippen LogP contribution in [0.1, 0.15) is 28.4 Å². The van der Waals surface area contributed by atoms with Crippen molar-refractivity contribution in [1.29, 1.82) is 0 Å². The van der Waals surface area contributed by atoms with E-state index in [-0.39, 0.29) is 12.2 Å². The van der Waals surface area contributed by atoms with Crippen LogP contribution in [-0.2, 0) is 0 Å². The van der Waals surface area contributed by atoms with Crippen molar-refractivity contribution in [2.45, 2.75) is 12.5 Å². The van der Waals surface area contributed by atoms with Crippen molar-refractivity contribution < 1.29 is 28.5 Å². The number of fused-ring (bicyclic) bond motifs is 1. The summed E-state index contributed by atoms with van der Waals surface area (Å²) in [6.07, 6.45) is -0.268. The van der Waals surface area contributed by atoms with Crippen molar-refractivity contribution in [3.63, 3.8) is 0 Å². The molecule has 0 radical (unpaired) electrons. The fourth-order valence-electron chi connectivity index (χ4n) is 2.94. The van der Waals surface area contributed by atoms with Gasteiger partial charge in [0.2, 0.25) is 0 Å². The van der Waals surface area contributed by atoms with Gasteiger partial charge >= 0.3 is 0 Å². The summed E-state index contributed by atoms with van der Waals surface area (Å²) in [6.45, 7) is 0. The summed E-state index contributed by atoms with van der Waals surface area (Å²) in [5.74, 6) is 2.67. The molecule has 0 saturated heterocycles. The minimum absolute atomic E-state index is 0.0522. The average Bonchev–Trinajstić information content (AvgIpc) is 2.65. The highest BCUT2D eigenvalue weighted by Gasteiger charge is 2.32. The second kappa shape index (κ2) is 6.93. The summed E-state index contributed by atoms with van der Waals surface area (Å²) < 4.78 is 27.3. The van der Waals surface area contributed by atoms with Crippen molar-refractivity contribution in [3.05, 3.63) is 41.5 Å². The third-order valence-corrected chi connectivity index (χ3v) is 4.20. The summed E-state index contributed by atoms with van der Waals surface area (Å²) in [7, 11) is 6.23. The van der Waals surface area contributed by atoms with E-state index in [1.165, 1.54) is 7.11 Å². The molecule has 132 valence electrons. The first-order chi connectivity index (χ1) is 12.1. The van der Waals surface area contributed by atoms with E-state index in [1.807, 2.05) is 12.1 Å². The van der Waals surface area contributed by atoms with Crippen LogP contribution in [0.25, 0.3) is 0 Å². The summed E-state index contributed by atoms with van der Waals surface area (Å²) in [5, 5.41) is 0. The van der Waals surface area contributed by atoms with Crippen LogP contribution in [0.4, 0.5) is 0 Å². The molecule has 1 heterocycles. The second-order valence-electron chi connectivity index (χ2n) is 5.54. The molecule has 0 fully saturated rings. The van der Waals surface area contributed by atoms with Crippen LogP contribution >= 0.6 is 0 Å². The molecular weight excluding hydrogens is 324 g/mol. The third-order valence-electron chi connectivity index (χ3n) is 4.20. The van der Waals surface area contributed by atoms with Crippen molar-refractivity contribution in [2.75, 3.05) is 28.4 Å². The Morgan fingerprint density at radius 3 is 2.20 bits per heavy atom. The molecule has 6 nitrogen and oxygen atoms in total. The number of carbonyl (C=O) groups excluding carboxylic acids is 1. The number of rotatable bonds is 5. The van der Waals surface area contributed by atoms with E-state index in [1.54, 1.807) is 39.5 Å². The van der Waals surface area contributed by atoms with E-state index in [2.05, 4.69) is 0 Å². The maximum atomic E-state index is 12.7. The van der Waals surface area contributed by atoms with Gasteiger partial charge in [0.1, 0.15) is 40.4 Å². The lowest BCUT2D eigenvalue weighted by molar-refractivity contribution is 0.0841. The lowest BCUT2D eigenvalue weighted by Gasteiger charge is -2.28. The Morgan fingerprint density at radius 2 is 1.56 bits per heavy atom. The molecule has 2 aromatic rings. The second-order valence-corrected chi connectivity index (χ2v) is 5.54. The van der Waals surface area contributed by atoms with Gasteiger partial charge in [-0.1, -0.05) is 0 Å². The lowest BCUT2D eigenvalue weighted by Crippen LogP contribution is -2.21. The normalized spacial score (nSPS) is 15.8. The number of hydrogen-bond donors (Lipinski definition) is 0. The highest BCUT2D eigenvalue weighted by Crippen LogP contribution is 2.44. The lowest BCUT2D eigenvalue weighted by atomic mass is 9.95.